The molecule has 3 heterocycles. The maximum atomic E-state index is 11.2. The summed E-state index contributed by atoms with van der Waals surface area (Å²) in [5, 5.41) is 14.3. The number of hydrogen-bond donors (Lipinski definition) is 1. The fraction of sp³-hybridized carbons (Fsp3) is 0.769. The van der Waals surface area contributed by atoms with Gasteiger partial charge in [-0.1, -0.05) is 6.42 Å². The maximum Gasteiger partial charge on any atom is 0.314 e. The van der Waals surface area contributed by atoms with E-state index in [4.69, 9.17) is 0 Å². The van der Waals surface area contributed by atoms with Gasteiger partial charge in [-0.15, -0.1) is 0 Å². The van der Waals surface area contributed by atoms with Crippen LogP contribution in [0.1, 0.15) is 49.7 Å². The van der Waals surface area contributed by atoms with Crippen LogP contribution in [0, 0.1) is 0 Å². The van der Waals surface area contributed by atoms with Crippen molar-refractivity contribution in [3.05, 3.63) is 11.6 Å². The molecule has 1 aromatic heterocycles. The second-order valence-corrected chi connectivity index (χ2v) is 6.74. The summed E-state index contributed by atoms with van der Waals surface area (Å²) in [6.07, 6.45) is 6.29. The quantitative estimate of drug-likeness (QED) is 0.918. The summed E-state index contributed by atoms with van der Waals surface area (Å²) in [7, 11) is 0. The van der Waals surface area contributed by atoms with Gasteiger partial charge in [-0.05, 0) is 31.4 Å². The highest BCUT2D eigenvalue weighted by Crippen LogP contribution is 2.29. The second kappa shape index (κ2) is 5.53. The van der Waals surface area contributed by atoms with E-state index in [1.807, 2.05) is 16.4 Å². The van der Waals surface area contributed by atoms with Crippen LogP contribution in [-0.4, -0.2) is 36.8 Å². The Morgan fingerprint density at radius 3 is 3.00 bits per heavy atom. The minimum Gasteiger partial charge on any atom is -0.481 e. The first-order valence-corrected chi connectivity index (χ1v) is 8.07. The lowest BCUT2D eigenvalue weighted by Crippen LogP contribution is -2.22. The summed E-state index contributed by atoms with van der Waals surface area (Å²) in [6, 6.07) is 0. The number of fused-ring (bicyclic) bond motifs is 1. The number of aryl methyl sites for hydroxylation is 1. The highest BCUT2D eigenvalue weighted by molar-refractivity contribution is 7.99. The number of carboxylic acid groups (broad SMARTS) is 1. The van der Waals surface area contributed by atoms with Crippen LogP contribution in [0.5, 0.6) is 0 Å². The Balaban J connectivity index is 1.75. The molecule has 6 heteroatoms. The van der Waals surface area contributed by atoms with Crippen molar-refractivity contribution in [2.45, 2.75) is 56.2 Å². The molecule has 2 unspecified atom stereocenters. The van der Waals surface area contributed by atoms with Crippen molar-refractivity contribution >= 4 is 17.7 Å². The van der Waals surface area contributed by atoms with Crippen molar-refractivity contribution in [1.82, 2.24) is 14.8 Å². The lowest BCUT2D eigenvalue weighted by atomic mass is 10.00. The molecule has 0 aliphatic carbocycles. The molecule has 0 amide bonds. The molecule has 0 radical (unpaired) electrons. The van der Waals surface area contributed by atoms with Crippen LogP contribution in [0.4, 0.5) is 0 Å². The first-order chi connectivity index (χ1) is 9.24. The summed E-state index contributed by atoms with van der Waals surface area (Å²) >= 11 is 2.01. The molecule has 2 aliphatic rings. The first-order valence-electron chi connectivity index (χ1n) is 7.02. The van der Waals surface area contributed by atoms with Crippen molar-refractivity contribution in [1.29, 1.82) is 0 Å². The smallest absolute Gasteiger partial charge is 0.314 e. The number of rotatable bonds is 3. The Morgan fingerprint density at radius 2 is 2.26 bits per heavy atom. The maximum absolute atomic E-state index is 11.2. The van der Waals surface area contributed by atoms with Crippen molar-refractivity contribution in [2.75, 3.05) is 5.75 Å². The Bertz CT molecular complexity index is 468. The van der Waals surface area contributed by atoms with Crippen molar-refractivity contribution in [3.8, 4) is 0 Å². The van der Waals surface area contributed by atoms with E-state index >= 15 is 0 Å². The number of thioether (sulfide) groups is 1. The van der Waals surface area contributed by atoms with Crippen LogP contribution in [0.25, 0.3) is 0 Å². The summed E-state index contributed by atoms with van der Waals surface area (Å²) in [4.78, 5) is 15.7. The van der Waals surface area contributed by atoms with Gasteiger partial charge < -0.3 is 5.11 Å². The second-order valence-electron chi connectivity index (χ2n) is 5.34. The predicted molar refractivity (Wildman–Crippen MR) is 73.4 cm³/mol. The zero-order valence-electron chi connectivity index (χ0n) is 10.9. The van der Waals surface area contributed by atoms with Gasteiger partial charge in [0, 0.05) is 18.2 Å². The van der Waals surface area contributed by atoms with Crippen LogP contribution >= 0.6 is 11.8 Å². The van der Waals surface area contributed by atoms with Gasteiger partial charge >= 0.3 is 5.97 Å². The molecule has 2 atom stereocenters. The van der Waals surface area contributed by atoms with Gasteiger partial charge in [0.15, 0.2) is 5.82 Å². The summed E-state index contributed by atoms with van der Waals surface area (Å²) in [5.41, 5.74) is 0. The third kappa shape index (κ3) is 2.78. The fourth-order valence-electron chi connectivity index (χ4n) is 2.89. The molecular formula is C13H19N3O2S. The number of carboxylic acids is 1. The lowest BCUT2D eigenvalue weighted by Gasteiger charge is -2.19. The zero-order valence-corrected chi connectivity index (χ0v) is 11.7. The van der Waals surface area contributed by atoms with Gasteiger partial charge in [0.05, 0.1) is 0 Å². The third-order valence-electron chi connectivity index (χ3n) is 3.90. The molecule has 0 bridgehead atoms. The number of carbonyl (C=O) groups is 1. The SMILES string of the molecule is O=C(O)C1CCCn2nc(CC3CCCCS3)nc21. The summed E-state index contributed by atoms with van der Waals surface area (Å²) in [5.74, 6) is 1.49. The van der Waals surface area contributed by atoms with Gasteiger partial charge in [-0.2, -0.15) is 16.9 Å². The van der Waals surface area contributed by atoms with E-state index in [-0.39, 0.29) is 0 Å². The number of aromatic nitrogens is 3. The normalized spacial score (nSPS) is 26.9. The Kier molecular flexibility index (Phi) is 3.77. The lowest BCUT2D eigenvalue weighted by molar-refractivity contribution is -0.139. The van der Waals surface area contributed by atoms with Crippen LogP contribution in [0.15, 0.2) is 0 Å². The molecule has 0 saturated carbocycles. The van der Waals surface area contributed by atoms with Gasteiger partial charge in [0.2, 0.25) is 0 Å². The molecule has 1 fully saturated rings. The van der Waals surface area contributed by atoms with Crippen molar-refractivity contribution in [3.63, 3.8) is 0 Å². The van der Waals surface area contributed by atoms with E-state index in [9.17, 15) is 9.90 Å². The molecule has 1 N–H and O–H groups in total. The summed E-state index contributed by atoms with van der Waals surface area (Å²) in [6.45, 7) is 0.809. The van der Waals surface area contributed by atoms with E-state index in [0.717, 1.165) is 25.2 Å². The molecular weight excluding hydrogens is 262 g/mol. The molecule has 3 rings (SSSR count). The largest absolute Gasteiger partial charge is 0.481 e. The molecule has 1 aromatic rings. The Hall–Kier alpha value is -1.04. The number of aliphatic carboxylic acids is 1. The van der Waals surface area contributed by atoms with Crippen LogP contribution in [0.3, 0.4) is 0 Å². The highest BCUT2D eigenvalue weighted by atomic mass is 32.2. The van der Waals surface area contributed by atoms with Gasteiger partial charge in [-0.3, -0.25) is 4.79 Å². The van der Waals surface area contributed by atoms with E-state index in [1.165, 1.54) is 25.0 Å². The minimum atomic E-state index is -0.771. The number of nitrogens with zero attached hydrogens (tertiary/aromatic N) is 3. The topological polar surface area (TPSA) is 68.0 Å². The number of hydrogen-bond acceptors (Lipinski definition) is 4. The first kappa shape index (κ1) is 13.0. The zero-order chi connectivity index (χ0) is 13.2. The average Bonchev–Trinajstić information content (AvgIpc) is 2.81. The van der Waals surface area contributed by atoms with Gasteiger partial charge in [0.1, 0.15) is 11.7 Å². The van der Waals surface area contributed by atoms with Gasteiger partial charge in [-0.25, -0.2) is 9.67 Å². The standard InChI is InChI=1S/C13H19N3O2S/c17-13(18)10-5-3-6-16-12(10)14-11(15-16)8-9-4-1-2-7-19-9/h9-10H,1-8H2,(H,17,18). The predicted octanol–water partition coefficient (Wildman–Crippen LogP) is 2.07. The monoisotopic (exact) mass is 281 g/mol. The molecule has 2 aliphatic heterocycles. The van der Waals surface area contributed by atoms with E-state index in [1.54, 1.807) is 0 Å². The summed E-state index contributed by atoms with van der Waals surface area (Å²) < 4.78 is 1.81. The third-order valence-corrected chi connectivity index (χ3v) is 5.30. The van der Waals surface area contributed by atoms with Crippen LogP contribution in [-0.2, 0) is 17.8 Å². The van der Waals surface area contributed by atoms with Crippen molar-refractivity contribution < 1.29 is 9.90 Å². The Morgan fingerprint density at radius 1 is 1.37 bits per heavy atom. The van der Waals surface area contributed by atoms with Crippen molar-refractivity contribution in [2.24, 2.45) is 0 Å². The molecule has 5 nitrogen and oxygen atoms in total. The molecule has 19 heavy (non-hydrogen) atoms. The fourth-order valence-corrected chi connectivity index (χ4v) is 4.20. The van der Waals surface area contributed by atoms with E-state index in [2.05, 4.69) is 10.1 Å². The Labute approximate surface area is 116 Å². The molecule has 1 saturated heterocycles. The highest BCUT2D eigenvalue weighted by Gasteiger charge is 2.30. The van der Waals surface area contributed by atoms with Gasteiger partial charge in [0.25, 0.3) is 0 Å². The van der Waals surface area contributed by atoms with Crippen LogP contribution < -0.4 is 0 Å². The average molecular weight is 281 g/mol. The minimum absolute atomic E-state index is 0.464. The molecule has 0 aromatic carbocycles. The molecule has 0 spiro atoms. The van der Waals surface area contributed by atoms with E-state index < -0.39 is 11.9 Å². The van der Waals surface area contributed by atoms with E-state index in [0.29, 0.717) is 17.5 Å². The van der Waals surface area contributed by atoms with Crippen LogP contribution in [0.2, 0.25) is 0 Å². The molecule has 104 valence electrons.